The van der Waals surface area contributed by atoms with Crippen LogP contribution >= 0.6 is 11.6 Å². The summed E-state index contributed by atoms with van der Waals surface area (Å²) in [6.07, 6.45) is 3.31. The summed E-state index contributed by atoms with van der Waals surface area (Å²) in [5.74, 6) is 1.87. The van der Waals surface area contributed by atoms with Crippen LogP contribution in [0, 0.1) is 0 Å². The van der Waals surface area contributed by atoms with Gasteiger partial charge < -0.3 is 14.6 Å². The van der Waals surface area contributed by atoms with Gasteiger partial charge in [0.15, 0.2) is 5.82 Å². The van der Waals surface area contributed by atoms with Crippen LogP contribution in [0.1, 0.15) is 76.5 Å². The largest absolute Gasteiger partial charge is 0.444 e. The lowest BCUT2D eigenvalue weighted by molar-refractivity contribution is -0.0460. The molecule has 1 aliphatic heterocycles. The van der Waals surface area contributed by atoms with E-state index >= 15 is 0 Å². The van der Waals surface area contributed by atoms with Gasteiger partial charge in [-0.1, -0.05) is 11.6 Å². The quantitative estimate of drug-likeness (QED) is 0.693. The highest BCUT2D eigenvalue weighted by atomic mass is 35.5. The lowest BCUT2D eigenvalue weighted by atomic mass is 9.86. The fourth-order valence-corrected chi connectivity index (χ4v) is 4.77. The van der Waals surface area contributed by atoms with Crippen LogP contribution in [0.5, 0.6) is 0 Å². The maximum atomic E-state index is 12.9. The molecular weight excluding hydrogens is 444 g/mol. The van der Waals surface area contributed by atoms with Gasteiger partial charge in [-0.2, -0.15) is 0 Å². The molecule has 4 rings (SSSR count). The van der Waals surface area contributed by atoms with Gasteiger partial charge in [0, 0.05) is 10.9 Å². The first-order valence-corrected chi connectivity index (χ1v) is 12.0. The van der Waals surface area contributed by atoms with E-state index < -0.39 is 5.60 Å². The maximum absolute atomic E-state index is 12.9. The number of carbonyl (C=O) groups is 1. The van der Waals surface area contributed by atoms with Crippen LogP contribution in [0.2, 0.25) is 5.02 Å². The number of amides is 1. The molecule has 2 aromatic rings. The van der Waals surface area contributed by atoms with Gasteiger partial charge in [0.1, 0.15) is 11.4 Å². The zero-order valence-electron chi connectivity index (χ0n) is 19.8. The molecule has 0 spiro atoms. The molecule has 1 saturated carbocycles. The molecule has 8 nitrogen and oxygen atoms in total. The van der Waals surface area contributed by atoms with E-state index in [0.29, 0.717) is 23.9 Å². The molecule has 33 heavy (non-hydrogen) atoms. The normalized spacial score (nSPS) is 21.7. The van der Waals surface area contributed by atoms with Gasteiger partial charge in [0.25, 0.3) is 0 Å². The molecule has 9 heteroatoms. The van der Waals surface area contributed by atoms with Crippen molar-refractivity contribution in [1.29, 1.82) is 0 Å². The average Bonchev–Trinajstić information content (AvgIpc) is 3.08. The number of carbonyl (C=O) groups excluding carboxylic acids is 1. The number of rotatable bonds is 4. The smallest absolute Gasteiger partial charge is 0.411 e. The predicted molar refractivity (Wildman–Crippen MR) is 124 cm³/mol. The molecule has 1 unspecified atom stereocenters. The monoisotopic (exact) mass is 476 g/mol. The number of benzene rings is 1. The number of fused-ring (bicyclic) bond motifs is 3. The Hall–Kier alpha value is -2.16. The minimum atomic E-state index is -0.590. The van der Waals surface area contributed by atoms with Gasteiger partial charge in [0.2, 0.25) is 0 Å². The highest BCUT2D eigenvalue weighted by Crippen LogP contribution is 2.37. The Labute approximate surface area is 199 Å². The van der Waals surface area contributed by atoms with Gasteiger partial charge in [-0.3, -0.25) is 9.47 Å². The Balaban J connectivity index is 1.62. The number of aliphatic hydroxyl groups is 1. The van der Waals surface area contributed by atoms with E-state index in [0.717, 1.165) is 42.8 Å². The first-order valence-electron chi connectivity index (χ1n) is 11.6. The number of ether oxygens (including phenoxy) is 2. The van der Waals surface area contributed by atoms with Crippen LogP contribution in [0.3, 0.4) is 0 Å². The molecule has 1 fully saturated rings. The summed E-state index contributed by atoms with van der Waals surface area (Å²) in [5, 5.41) is 19.0. The molecule has 0 saturated heterocycles. The molecule has 1 aliphatic carbocycles. The fourth-order valence-electron chi connectivity index (χ4n) is 4.57. The third kappa shape index (κ3) is 5.50. The Bertz CT molecular complexity index is 995. The maximum Gasteiger partial charge on any atom is 0.411 e. The van der Waals surface area contributed by atoms with E-state index in [-0.39, 0.29) is 30.8 Å². The lowest BCUT2D eigenvalue weighted by Gasteiger charge is -2.30. The van der Waals surface area contributed by atoms with E-state index in [1.807, 2.05) is 45.9 Å². The molecule has 1 aromatic heterocycles. The van der Waals surface area contributed by atoms with E-state index in [1.54, 1.807) is 4.90 Å². The summed E-state index contributed by atoms with van der Waals surface area (Å²) in [5.41, 5.74) is 1.29. The van der Waals surface area contributed by atoms with Crippen LogP contribution in [0.4, 0.5) is 4.79 Å². The van der Waals surface area contributed by atoms with Crippen molar-refractivity contribution >= 4 is 17.7 Å². The number of halogens is 1. The van der Waals surface area contributed by atoms with Crippen molar-refractivity contribution in [2.75, 3.05) is 6.61 Å². The van der Waals surface area contributed by atoms with Crippen molar-refractivity contribution in [2.45, 2.75) is 90.2 Å². The van der Waals surface area contributed by atoms with Crippen LogP contribution in [0.25, 0.3) is 5.69 Å². The minimum Gasteiger partial charge on any atom is -0.444 e. The topological polar surface area (TPSA) is 89.7 Å². The standard InChI is InChI=1S/C24H33ClN4O4/c1-15(14-30)32-19-8-5-16(6-9-19)22-27-26-21-13-28(23(31)33-24(2,3)4)12-17-11-18(25)7-10-20(17)29(21)22/h7,10-11,15-16,19,30H,5-6,8-9,12-14H2,1-4H3/t15?,16-,19-. The molecular formula is C24H33ClN4O4. The fraction of sp³-hybridized carbons (Fsp3) is 0.625. The molecule has 2 aliphatic rings. The molecule has 0 radical (unpaired) electrons. The summed E-state index contributed by atoms with van der Waals surface area (Å²) in [4.78, 5) is 14.6. The van der Waals surface area contributed by atoms with E-state index in [9.17, 15) is 9.90 Å². The van der Waals surface area contributed by atoms with Crippen molar-refractivity contribution in [3.63, 3.8) is 0 Å². The Morgan fingerprint density at radius 1 is 1.21 bits per heavy atom. The third-order valence-electron chi connectivity index (χ3n) is 6.10. The summed E-state index contributed by atoms with van der Waals surface area (Å²) in [6, 6.07) is 5.73. The summed E-state index contributed by atoms with van der Waals surface area (Å²) >= 11 is 6.32. The van der Waals surface area contributed by atoms with E-state index in [4.69, 9.17) is 21.1 Å². The SMILES string of the molecule is CC(CO)O[C@H]1CC[C@H](c2nnc3n2-c2ccc(Cl)cc2CN(C(=O)OC(C)(C)C)C3)CC1. The highest BCUT2D eigenvalue weighted by Gasteiger charge is 2.33. The van der Waals surface area contributed by atoms with E-state index in [2.05, 4.69) is 14.8 Å². The molecule has 2 heterocycles. The van der Waals surface area contributed by atoms with Crippen molar-refractivity contribution in [1.82, 2.24) is 19.7 Å². The van der Waals surface area contributed by atoms with Gasteiger partial charge >= 0.3 is 6.09 Å². The van der Waals surface area contributed by atoms with Crippen LogP contribution in [0.15, 0.2) is 18.2 Å². The Morgan fingerprint density at radius 2 is 1.94 bits per heavy atom. The average molecular weight is 477 g/mol. The molecule has 180 valence electrons. The van der Waals surface area contributed by atoms with Crippen molar-refractivity contribution < 1.29 is 19.4 Å². The number of hydrogen-bond donors (Lipinski definition) is 1. The highest BCUT2D eigenvalue weighted by molar-refractivity contribution is 6.30. The summed E-state index contributed by atoms with van der Waals surface area (Å²) in [6.45, 7) is 8.18. The summed E-state index contributed by atoms with van der Waals surface area (Å²) < 4.78 is 13.7. The number of aliphatic hydroxyl groups excluding tert-OH is 1. The van der Waals surface area contributed by atoms with Gasteiger partial charge in [-0.15, -0.1) is 10.2 Å². The van der Waals surface area contributed by atoms with Crippen molar-refractivity contribution in [2.24, 2.45) is 0 Å². The molecule has 1 N–H and O–H groups in total. The molecule has 0 bridgehead atoms. The Kier molecular flexibility index (Phi) is 6.98. The zero-order valence-corrected chi connectivity index (χ0v) is 20.5. The van der Waals surface area contributed by atoms with E-state index in [1.165, 1.54) is 0 Å². The van der Waals surface area contributed by atoms with Crippen LogP contribution in [-0.2, 0) is 22.6 Å². The number of nitrogens with zero attached hydrogens (tertiary/aromatic N) is 4. The van der Waals surface area contributed by atoms with Crippen molar-refractivity contribution in [3.8, 4) is 5.69 Å². The Morgan fingerprint density at radius 3 is 2.61 bits per heavy atom. The number of hydrogen-bond acceptors (Lipinski definition) is 6. The molecule has 1 aromatic carbocycles. The number of aromatic nitrogens is 3. The molecule has 1 amide bonds. The van der Waals surface area contributed by atoms with Gasteiger partial charge in [-0.25, -0.2) is 4.79 Å². The second-order valence-corrected chi connectivity index (χ2v) is 10.5. The zero-order chi connectivity index (χ0) is 23.8. The van der Waals surface area contributed by atoms with Crippen LogP contribution in [-0.4, -0.2) is 55.3 Å². The molecule has 1 atom stereocenters. The first-order chi connectivity index (χ1) is 15.6. The third-order valence-corrected chi connectivity index (χ3v) is 6.34. The summed E-state index contributed by atoms with van der Waals surface area (Å²) in [7, 11) is 0. The van der Waals surface area contributed by atoms with Crippen molar-refractivity contribution in [3.05, 3.63) is 40.4 Å². The van der Waals surface area contributed by atoms with Crippen LogP contribution < -0.4 is 0 Å². The second kappa shape index (κ2) is 9.60. The lowest BCUT2D eigenvalue weighted by Crippen LogP contribution is -2.35. The predicted octanol–water partition coefficient (Wildman–Crippen LogP) is 4.60. The minimum absolute atomic E-state index is 0.0328. The second-order valence-electron chi connectivity index (χ2n) is 10.0. The van der Waals surface area contributed by atoms with Gasteiger partial charge in [0.05, 0.1) is 37.6 Å². The first kappa shape index (κ1) is 24.0. The van der Waals surface area contributed by atoms with Gasteiger partial charge in [-0.05, 0) is 77.1 Å².